The van der Waals surface area contributed by atoms with Crippen molar-refractivity contribution in [2.45, 2.75) is 25.5 Å². The van der Waals surface area contributed by atoms with Gasteiger partial charge in [0, 0.05) is 42.5 Å². The summed E-state index contributed by atoms with van der Waals surface area (Å²) in [6, 6.07) is 12.1. The molecule has 142 valence electrons. The van der Waals surface area contributed by atoms with Gasteiger partial charge in [-0.25, -0.2) is 4.98 Å². The molecule has 8 heteroatoms. The number of benzene rings is 1. The first kappa shape index (κ1) is 16.8. The van der Waals surface area contributed by atoms with Crippen molar-refractivity contribution in [3.8, 4) is 0 Å². The van der Waals surface area contributed by atoms with E-state index in [2.05, 4.69) is 54.0 Å². The fourth-order valence-electron chi connectivity index (χ4n) is 3.51. The van der Waals surface area contributed by atoms with Gasteiger partial charge in [0.05, 0.1) is 11.8 Å². The lowest BCUT2D eigenvalue weighted by atomic mass is 10.1. The van der Waals surface area contributed by atoms with Gasteiger partial charge in [-0.05, 0) is 36.6 Å². The molecule has 4 heterocycles. The average Bonchev–Trinajstić information content (AvgIpc) is 3.47. The number of hydrogen-bond acceptors (Lipinski definition) is 6. The molecule has 0 aliphatic carbocycles. The Labute approximate surface area is 161 Å². The van der Waals surface area contributed by atoms with Crippen molar-refractivity contribution in [2.24, 2.45) is 0 Å². The fraction of sp³-hybridized carbons (Fsp3) is 0.250. The van der Waals surface area contributed by atoms with Crippen LogP contribution in [-0.4, -0.2) is 31.8 Å². The maximum Gasteiger partial charge on any atom is 0.224 e. The van der Waals surface area contributed by atoms with Crippen molar-refractivity contribution in [3.63, 3.8) is 0 Å². The molecule has 0 bridgehead atoms. The molecular weight excluding hydrogens is 354 g/mol. The maximum absolute atomic E-state index is 5.68. The molecule has 28 heavy (non-hydrogen) atoms. The van der Waals surface area contributed by atoms with E-state index in [1.54, 1.807) is 6.20 Å². The average molecular weight is 375 g/mol. The first-order valence-corrected chi connectivity index (χ1v) is 9.41. The molecule has 1 aromatic carbocycles. The summed E-state index contributed by atoms with van der Waals surface area (Å²) in [7, 11) is 0. The maximum atomic E-state index is 5.68. The Hall–Kier alpha value is -3.39. The summed E-state index contributed by atoms with van der Waals surface area (Å²) in [5, 5.41) is 15.1. The Morgan fingerprint density at radius 3 is 3.11 bits per heavy atom. The summed E-state index contributed by atoms with van der Waals surface area (Å²) in [5.41, 5.74) is 3.30. The molecule has 4 N–H and O–H groups in total. The second-order valence-electron chi connectivity index (χ2n) is 6.81. The molecule has 1 atom stereocenters. The van der Waals surface area contributed by atoms with E-state index in [0.29, 0.717) is 24.1 Å². The molecule has 1 aliphatic heterocycles. The summed E-state index contributed by atoms with van der Waals surface area (Å²) >= 11 is 0. The monoisotopic (exact) mass is 375 g/mol. The topological polar surface area (TPSA) is 104 Å². The van der Waals surface area contributed by atoms with Crippen molar-refractivity contribution in [3.05, 3.63) is 60.0 Å². The minimum atomic E-state index is 0.113. The highest BCUT2D eigenvalue weighted by Gasteiger charge is 2.19. The number of nitrogens with one attached hydrogen (secondary N) is 4. The summed E-state index contributed by atoms with van der Waals surface area (Å²) in [6.45, 7) is 1.45. The molecule has 0 amide bonds. The SMILES string of the molecule is c1cc(CNc2nccc(Nc3cc(C4CCCO4)[nH]n3)n2)c2cc[nH]c2c1. The third-order valence-electron chi connectivity index (χ3n) is 4.91. The third kappa shape index (κ3) is 3.41. The molecule has 1 fully saturated rings. The van der Waals surface area contributed by atoms with Crippen LogP contribution in [0.3, 0.4) is 0 Å². The second-order valence-corrected chi connectivity index (χ2v) is 6.81. The zero-order chi connectivity index (χ0) is 18.8. The van der Waals surface area contributed by atoms with Crippen LogP contribution in [0.5, 0.6) is 0 Å². The number of ether oxygens (including phenoxy) is 1. The van der Waals surface area contributed by atoms with E-state index in [1.165, 1.54) is 10.9 Å². The fourth-order valence-corrected chi connectivity index (χ4v) is 3.51. The summed E-state index contributed by atoms with van der Waals surface area (Å²) in [6.07, 6.45) is 5.90. The molecule has 5 rings (SSSR count). The summed E-state index contributed by atoms with van der Waals surface area (Å²) in [4.78, 5) is 12.1. The quantitative estimate of drug-likeness (QED) is 0.408. The van der Waals surface area contributed by atoms with Gasteiger partial charge in [0.15, 0.2) is 5.82 Å². The van der Waals surface area contributed by atoms with Crippen LogP contribution in [0.25, 0.3) is 10.9 Å². The second kappa shape index (κ2) is 7.32. The first-order chi connectivity index (χ1) is 13.8. The lowest BCUT2D eigenvalue weighted by Gasteiger charge is -2.08. The molecule has 0 spiro atoms. The Kier molecular flexibility index (Phi) is 4.38. The number of rotatable bonds is 6. The van der Waals surface area contributed by atoms with Crippen LogP contribution in [0.4, 0.5) is 17.6 Å². The van der Waals surface area contributed by atoms with Crippen LogP contribution in [0.1, 0.15) is 30.2 Å². The minimum Gasteiger partial charge on any atom is -0.372 e. The number of H-pyrrole nitrogens is 2. The number of aromatic nitrogens is 5. The number of fused-ring (bicyclic) bond motifs is 1. The van der Waals surface area contributed by atoms with Crippen LogP contribution < -0.4 is 10.6 Å². The van der Waals surface area contributed by atoms with E-state index in [4.69, 9.17) is 4.74 Å². The van der Waals surface area contributed by atoms with Crippen LogP contribution in [0, 0.1) is 0 Å². The Bertz CT molecular complexity index is 1080. The van der Waals surface area contributed by atoms with E-state index in [9.17, 15) is 0 Å². The highest BCUT2D eigenvalue weighted by molar-refractivity contribution is 5.83. The third-order valence-corrected chi connectivity index (χ3v) is 4.91. The van der Waals surface area contributed by atoms with E-state index >= 15 is 0 Å². The van der Waals surface area contributed by atoms with Crippen LogP contribution >= 0.6 is 0 Å². The van der Waals surface area contributed by atoms with E-state index in [-0.39, 0.29) is 6.10 Å². The van der Waals surface area contributed by atoms with Crippen LogP contribution in [-0.2, 0) is 11.3 Å². The molecule has 1 aliphatic rings. The highest BCUT2D eigenvalue weighted by Crippen LogP contribution is 2.28. The zero-order valence-corrected chi connectivity index (χ0v) is 15.3. The van der Waals surface area contributed by atoms with E-state index < -0.39 is 0 Å². The van der Waals surface area contributed by atoms with Crippen molar-refractivity contribution in [1.82, 2.24) is 25.1 Å². The lowest BCUT2D eigenvalue weighted by Crippen LogP contribution is -2.05. The Morgan fingerprint density at radius 1 is 1.18 bits per heavy atom. The minimum absolute atomic E-state index is 0.113. The smallest absolute Gasteiger partial charge is 0.224 e. The van der Waals surface area contributed by atoms with Gasteiger partial charge in [-0.1, -0.05) is 12.1 Å². The van der Waals surface area contributed by atoms with Gasteiger partial charge in [-0.3, -0.25) is 5.10 Å². The Balaban J connectivity index is 1.26. The summed E-state index contributed by atoms with van der Waals surface area (Å²) < 4.78 is 5.68. The number of aromatic amines is 2. The predicted octanol–water partition coefficient (Wildman–Crippen LogP) is 3.89. The molecule has 4 aromatic rings. The number of anilines is 3. The van der Waals surface area contributed by atoms with E-state index in [0.717, 1.165) is 30.7 Å². The molecule has 0 radical (unpaired) electrons. The molecule has 8 nitrogen and oxygen atoms in total. The van der Waals surface area contributed by atoms with Crippen molar-refractivity contribution >= 4 is 28.5 Å². The molecular formula is C20H21N7O. The van der Waals surface area contributed by atoms with Crippen molar-refractivity contribution in [2.75, 3.05) is 17.2 Å². The van der Waals surface area contributed by atoms with Gasteiger partial charge >= 0.3 is 0 Å². The molecule has 3 aromatic heterocycles. The number of nitrogens with zero attached hydrogens (tertiary/aromatic N) is 3. The van der Waals surface area contributed by atoms with Crippen molar-refractivity contribution < 1.29 is 4.74 Å². The molecule has 0 saturated carbocycles. The van der Waals surface area contributed by atoms with Gasteiger partial charge in [0.2, 0.25) is 5.95 Å². The van der Waals surface area contributed by atoms with Crippen LogP contribution in [0.15, 0.2) is 48.8 Å². The standard InChI is InChI=1S/C20H21N7O/c1-3-13(14-6-8-21-15(14)4-1)12-23-20-22-9-7-18(25-20)24-19-11-16(26-27-19)17-5-2-10-28-17/h1,3-4,6-9,11,17,21H,2,5,10,12H2,(H3,22,23,24,25,26,27). The van der Waals surface area contributed by atoms with Gasteiger partial charge in [-0.15, -0.1) is 0 Å². The normalized spacial score (nSPS) is 16.5. The van der Waals surface area contributed by atoms with Gasteiger partial charge < -0.3 is 20.4 Å². The largest absolute Gasteiger partial charge is 0.372 e. The van der Waals surface area contributed by atoms with Gasteiger partial charge in [0.25, 0.3) is 0 Å². The highest BCUT2D eigenvalue weighted by atomic mass is 16.5. The summed E-state index contributed by atoms with van der Waals surface area (Å²) in [5.74, 6) is 1.96. The predicted molar refractivity (Wildman–Crippen MR) is 107 cm³/mol. The van der Waals surface area contributed by atoms with E-state index in [1.807, 2.05) is 24.4 Å². The first-order valence-electron chi connectivity index (χ1n) is 9.41. The molecule has 1 unspecified atom stereocenters. The van der Waals surface area contributed by atoms with Crippen LogP contribution in [0.2, 0.25) is 0 Å². The number of hydrogen-bond donors (Lipinski definition) is 4. The lowest BCUT2D eigenvalue weighted by molar-refractivity contribution is 0.108. The van der Waals surface area contributed by atoms with Gasteiger partial charge in [0.1, 0.15) is 5.82 Å². The zero-order valence-electron chi connectivity index (χ0n) is 15.3. The Morgan fingerprint density at radius 2 is 2.18 bits per heavy atom. The van der Waals surface area contributed by atoms with Crippen molar-refractivity contribution in [1.29, 1.82) is 0 Å². The molecule has 1 saturated heterocycles. The van der Waals surface area contributed by atoms with Gasteiger partial charge in [-0.2, -0.15) is 10.1 Å².